The van der Waals surface area contributed by atoms with Gasteiger partial charge in [0.15, 0.2) is 0 Å². The summed E-state index contributed by atoms with van der Waals surface area (Å²) < 4.78 is 5.81. The maximum Gasteiger partial charge on any atom is 0.330 e. The number of hydrogen-bond acceptors (Lipinski definition) is 2. The SMILES string of the molecule is C=CC(=O)OC12CCCCCCC(CCCC1)C2. The molecule has 2 aliphatic rings. The van der Waals surface area contributed by atoms with E-state index in [1.165, 1.54) is 57.4 Å². The van der Waals surface area contributed by atoms with E-state index in [0.717, 1.165) is 25.2 Å². The number of fused-ring (bicyclic) bond motifs is 2. The van der Waals surface area contributed by atoms with Crippen LogP contribution in [0.5, 0.6) is 0 Å². The van der Waals surface area contributed by atoms with Gasteiger partial charge in [0, 0.05) is 6.08 Å². The van der Waals surface area contributed by atoms with Gasteiger partial charge >= 0.3 is 5.97 Å². The van der Waals surface area contributed by atoms with Gasteiger partial charge in [0.05, 0.1) is 0 Å². The quantitative estimate of drug-likeness (QED) is 0.536. The topological polar surface area (TPSA) is 26.3 Å². The summed E-state index contributed by atoms with van der Waals surface area (Å²) in [4.78, 5) is 11.6. The number of hydrogen-bond donors (Lipinski definition) is 0. The minimum atomic E-state index is -0.227. The van der Waals surface area contributed by atoms with Crippen LogP contribution < -0.4 is 0 Å². The average molecular weight is 250 g/mol. The Morgan fingerprint density at radius 1 is 1.06 bits per heavy atom. The highest BCUT2D eigenvalue weighted by atomic mass is 16.6. The molecular formula is C16H26O2. The number of carbonyl (C=O) groups is 1. The molecule has 0 aromatic carbocycles. The van der Waals surface area contributed by atoms with Gasteiger partial charge in [0.1, 0.15) is 5.60 Å². The molecule has 2 rings (SSSR count). The van der Waals surface area contributed by atoms with Crippen molar-refractivity contribution >= 4 is 5.97 Å². The molecule has 0 spiro atoms. The van der Waals surface area contributed by atoms with Crippen molar-refractivity contribution in [3.63, 3.8) is 0 Å². The lowest BCUT2D eigenvalue weighted by Crippen LogP contribution is -2.35. The molecule has 2 unspecified atom stereocenters. The summed E-state index contributed by atoms with van der Waals surface area (Å²) in [5.41, 5.74) is -0.170. The Labute approximate surface area is 111 Å². The Morgan fingerprint density at radius 2 is 1.67 bits per heavy atom. The van der Waals surface area contributed by atoms with E-state index >= 15 is 0 Å². The fraction of sp³-hybridized carbons (Fsp3) is 0.812. The molecule has 2 aliphatic carbocycles. The first kappa shape index (κ1) is 13.6. The summed E-state index contributed by atoms with van der Waals surface area (Å²) in [5, 5.41) is 0. The van der Waals surface area contributed by atoms with Gasteiger partial charge in [-0.3, -0.25) is 0 Å². The van der Waals surface area contributed by atoms with E-state index in [-0.39, 0.29) is 11.6 Å². The summed E-state index contributed by atoms with van der Waals surface area (Å²) in [7, 11) is 0. The van der Waals surface area contributed by atoms with Crippen LogP contribution in [0.1, 0.15) is 70.6 Å². The predicted octanol–water partition coefficient (Wildman–Crippen LogP) is 4.39. The van der Waals surface area contributed by atoms with Crippen molar-refractivity contribution in [3.05, 3.63) is 12.7 Å². The zero-order valence-electron chi connectivity index (χ0n) is 11.5. The molecule has 2 fully saturated rings. The van der Waals surface area contributed by atoms with Crippen LogP contribution in [-0.2, 0) is 9.53 Å². The van der Waals surface area contributed by atoms with Crippen LogP contribution in [-0.4, -0.2) is 11.6 Å². The van der Waals surface area contributed by atoms with Crippen LogP contribution in [0.25, 0.3) is 0 Å². The first-order valence-electron chi connectivity index (χ1n) is 7.59. The predicted molar refractivity (Wildman–Crippen MR) is 73.3 cm³/mol. The molecule has 2 heteroatoms. The Morgan fingerprint density at radius 3 is 2.39 bits per heavy atom. The first-order chi connectivity index (χ1) is 8.74. The van der Waals surface area contributed by atoms with Gasteiger partial charge in [-0.2, -0.15) is 0 Å². The lowest BCUT2D eigenvalue weighted by molar-refractivity contribution is -0.157. The molecule has 0 saturated heterocycles. The fourth-order valence-electron chi connectivity index (χ4n) is 3.72. The smallest absolute Gasteiger partial charge is 0.330 e. The Kier molecular flexibility index (Phi) is 4.85. The first-order valence-corrected chi connectivity index (χ1v) is 7.59. The van der Waals surface area contributed by atoms with Crippen LogP contribution in [0.4, 0.5) is 0 Å². The largest absolute Gasteiger partial charge is 0.456 e. The van der Waals surface area contributed by atoms with Crippen molar-refractivity contribution in [3.8, 4) is 0 Å². The second kappa shape index (κ2) is 6.40. The van der Waals surface area contributed by atoms with Gasteiger partial charge in [0.2, 0.25) is 0 Å². The maximum absolute atomic E-state index is 11.6. The molecule has 0 aromatic heterocycles. The molecule has 102 valence electrons. The number of esters is 1. The van der Waals surface area contributed by atoms with E-state index in [2.05, 4.69) is 6.58 Å². The summed E-state index contributed by atoms with van der Waals surface area (Å²) in [6.45, 7) is 3.54. The van der Waals surface area contributed by atoms with Crippen molar-refractivity contribution in [1.82, 2.24) is 0 Å². The molecule has 2 atom stereocenters. The summed E-state index contributed by atoms with van der Waals surface area (Å²) in [6, 6.07) is 0. The molecule has 2 saturated carbocycles. The molecule has 0 radical (unpaired) electrons. The summed E-state index contributed by atoms with van der Waals surface area (Å²) in [6.07, 6.45) is 14.9. The van der Waals surface area contributed by atoms with Crippen LogP contribution in [0.15, 0.2) is 12.7 Å². The van der Waals surface area contributed by atoms with Gasteiger partial charge in [-0.25, -0.2) is 4.79 Å². The monoisotopic (exact) mass is 250 g/mol. The van der Waals surface area contributed by atoms with E-state index in [1.807, 2.05) is 0 Å². The summed E-state index contributed by atoms with van der Waals surface area (Å²) >= 11 is 0. The lowest BCUT2D eigenvalue weighted by Gasteiger charge is -2.34. The van der Waals surface area contributed by atoms with Gasteiger partial charge in [-0.1, -0.05) is 45.1 Å². The fourth-order valence-corrected chi connectivity index (χ4v) is 3.72. The van der Waals surface area contributed by atoms with Crippen molar-refractivity contribution in [2.75, 3.05) is 0 Å². The number of rotatable bonds is 2. The molecule has 2 bridgehead atoms. The standard InChI is InChI=1S/C16H26O2/c1-2-15(17)18-16-11-7-4-3-5-9-14(13-16)10-6-8-12-16/h2,14H,1,3-13H2. The third-order valence-electron chi connectivity index (χ3n) is 4.63. The van der Waals surface area contributed by atoms with Crippen molar-refractivity contribution in [2.24, 2.45) is 5.92 Å². The zero-order valence-corrected chi connectivity index (χ0v) is 11.5. The normalized spacial score (nSPS) is 33.4. The second-order valence-electron chi connectivity index (χ2n) is 6.08. The number of carbonyl (C=O) groups excluding carboxylic acids is 1. The van der Waals surface area contributed by atoms with Crippen LogP contribution in [0.3, 0.4) is 0 Å². The van der Waals surface area contributed by atoms with Crippen LogP contribution in [0.2, 0.25) is 0 Å². The van der Waals surface area contributed by atoms with E-state index in [1.54, 1.807) is 0 Å². The highest BCUT2D eigenvalue weighted by Gasteiger charge is 2.37. The van der Waals surface area contributed by atoms with Gasteiger partial charge in [-0.05, 0) is 38.0 Å². The van der Waals surface area contributed by atoms with Gasteiger partial charge in [-0.15, -0.1) is 0 Å². The molecular weight excluding hydrogens is 224 g/mol. The lowest BCUT2D eigenvalue weighted by atomic mass is 9.84. The molecule has 0 aromatic rings. The van der Waals surface area contributed by atoms with Crippen LogP contribution >= 0.6 is 0 Å². The minimum Gasteiger partial charge on any atom is -0.456 e. The number of ether oxygens (including phenoxy) is 1. The van der Waals surface area contributed by atoms with Crippen molar-refractivity contribution in [2.45, 2.75) is 76.2 Å². The maximum atomic E-state index is 11.6. The second-order valence-corrected chi connectivity index (χ2v) is 6.08. The van der Waals surface area contributed by atoms with Crippen molar-refractivity contribution in [1.29, 1.82) is 0 Å². The van der Waals surface area contributed by atoms with Crippen LogP contribution in [0, 0.1) is 5.92 Å². The molecule has 0 aliphatic heterocycles. The highest BCUT2D eigenvalue weighted by Crippen LogP contribution is 2.40. The molecule has 0 heterocycles. The van der Waals surface area contributed by atoms with Gasteiger partial charge < -0.3 is 4.74 Å². The van der Waals surface area contributed by atoms with Crippen molar-refractivity contribution < 1.29 is 9.53 Å². The highest BCUT2D eigenvalue weighted by molar-refractivity contribution is 5.81. The van der Waals surface area contributed by atoms with E-state index < -0.39 is 0 Å². The minimum absolute atomic E-state index is 0.170. The zero-order chi connectivity index (χ0) is 12.8. The van der Waals surface area contributed by atoms with Gasteiger partial charge in [0.25, 0.3) is 0 Å². The Hall–Kier alpha value is -0.790. The van der Waals surface area contributed by atoms with E-state index in [9.17, 15) is 4.79 Å². The molecule has 18 heavy (non-hydrogen) atoms. The molecule has 0 N–H and O–H groups in total. The van der Waals surface area contributed by atoms with E-state index in [0.29, 0.717) is 0 Å². The third-order valence-corrected chi connectivity index (χ3v) is 4.63. The third kappa shape index (κ3) is 3.60. The Bertz CT molecular complexity index is 297. The Balaban J connectivity index is 2.12. The summed E-state index contributed by atoms with van der Waals surface area (Å²) in [5.74, 6) is 0.540. The average Bonchev–Trinajstić information content (AvgIpc) is 2.49. The van der Waals surface area contributed by atoms with E-state index in [4.69, 9.17) is 4.74 Å². The molecule has 0 amide bonds. The molecule has 2 nitrogen and oxygen atoms in total.